The lowest BCUT2D eigenvalue weighted by Gasteiger charge is -2.00. The first-order valence-corrected chi connectivity index (χ1v) is 12.6. The molecule has 0 amide bonds. The number of fused-ring (bicyclic) bond motifs is 1. The molecule has 0 saturated heterocycles. The van der Waals surface area contributed by atoms with E-state index in [0.29, 0.717) is 16.5 Å². The first-order chi connectivity index (χ1) is 16.5. The molecule has 0 atom stereocenters. The van der Waals surface area contributed by atoms with E-state index in [1.165, 1.54) is 34.8 Å². The molecular formula is C22H16BrN7O2S2. The van der Waals surface area contributed by atoms with Gasteiger partial charge in [-0.2, -0.15) is 10.2 Å². The molecule has 2 aromatic carbocycles. The molecule has 3 heterocycles. The normalized spacial score (nSPS) is 11.5. The summed E-state index contributed by atoms with van der Waals surface area (Å²) in [7, 11) is 0. The lowest BCUT2D eigenvalue weighted by molar-refractivity contribution is -0.384. The quantitative estimate of drug-likeness (QED) is 0.144. The summed E-state index contributed by atoms with van der Waals surface area (Å²) < 4.78 is 2.76. The fraction of sp³-hybridized carbons (Fsp3) is 0.0909. The second-order valence-electron chi connectivity index (χ2n) is 7.11. The van der Waals surface area contributed by atoms with Crippen LogP contribution in [-0.4, -0.2) is 30.7 Å². The minimum absolute atomic E-state index is 0.0263. The zero-order valence-electron chi connectivity index (χ0n) is 17.7. The molecule has 0 saturated carbocycles. The number of imidazole rings is 1. The van der Waals surface area contributed by atoms with Crippen molar-refractivity contribution in [3.05, 3.63) is 79.2 Å². The summed E-state index contributed by atoms with van der Waals surface area (Å²) in [5, 5.41) is 23.6. The van der Waals surface area contributed by atoms with Crippen molar-refractivity contribution < 1.29 is 4.92 Å². The number of aryl methyl sites for hydroxylation is 1. The fourth-order valence-corrected chi connectivity index (χ4v) is 5.02. The fourth-order valence-electron chi connectivity index (χ4n) is 3.24. The molecule has 9 nitrogen and oxygen atoms in total. The molecule has 0 unspecified atom stereocenters. The van der Waals surface area contributed by atoms with Crippen molar-refractivity contribution in [3.8, 4) is 22.5 Å². The van der Waals surface area contributed by atoms with E-state index in [4.69, 9.17) is 4.98 Å². The van der Waals surface area contributed by atoms with Gasteiger partial charge < -0.3 is 0 Å². The van der Waals surface area contributed by atoms with E-state index in [1.807, 2.05) is 36.6 Å². The SMILES string of the molecule is CCc1nn2c(/C=N/Nc3nc(-c4ccc(Br)cc4)cs3)c(-c3ccc([N+](=O)[O-])cc3)nc2s1. The van der Waals surface area contributed by atoms with Crippen LogP contribution in [0.1, 0.15) is 17.6 Å². The highest BCUT2D eigenvalue weighted by atomic mass is 79.9. The zero-order chi connectivity index (χ0) is 23.7. The van der Waals surface area contributed by atoms with Crippen LogP contribution in [0.5, 0.6) is 0 Å². The molecule has 5 rings (SSSR count). The Kier molecular flexibility index (Phi) is 6.18. The number of nitro groups is 1. The smallest absolute Gasteiger partial charge is 0.258 e. The summed E-state index contributed by atoms with van der Waals surface area (Å²) in [5.41, 5.74) is 6.96. The van der Waals surface area contributed by atoms with Gasteiger partial charge in [0.1, 0.15) is 16.4 Å². The van der Waals surface area contributed by atoms with E-state index < -0.39 is 4.92 Å². The number of nitrogens with zero attached hydrogens (tertiary/aromatic N) is 6. The van der Waals surface area contributed by atoms with Crippen LogP contribution < -0.4 is 5.43 Å². The average molecular weight is 554 g/mol. The molecule has 0 radical (unpaired) electrons. The Morgan fingerprint density at radius 1 is 1.15 bits per heavy atom. The van der Waals surface area contributed by atoms with Crippen LogP contribution in [-0.2, 0) is 6.42 Å². The van der Waals surface area contributed by atoms with Gasteiger partial charge in [0.05, 0.1) is 16.8 Å². The maximum atomic E-state index is 11.0. The molecule has 0 aliphatic heterocycles. The standard InChI is InChI=1S/C22H16BrN7O2S2/c1-2-19-28-29-18(20(26-22(29)34-19)14-5-9-16(10-6-14)30(31)32)11-24-27-21-25-17(12-33-21)13-3-7-15(23)8-4-13/h3-12H,2H2,1H3,(H,25,27)/b24-11+. The molecule has 170 valence electrons. The van der Waals surface area contributed by atoms with Crippen molar-refractivity contribution in [2.24, 2.45) is 5.10 Å². The molecule has 5 aromatic rings. The highest BCUT2D eigenvalue weighted by molar-refractivity contribution is 9.10. The van der Waals surface area contributed by atoms with Gasteiger partial charge in [-0.15, -0.1) is 11.3 Å². The van der Waals surface area contributed by atoms with Crippen LogP contribution >= 0.6 is 38.6 Å². The van der Waals surface area contributed by atoms with Crippen LogP contribution in [0, 0.1) is 10.1 Å². The van der Waals surface area contributed by atoms with Crippen molar-refractivity contribution in [3.63, 3.8) is 0 Å². The van der Waals surface area contributed by atoms with Crippen LogP contribution in [0.25, 0.3) is 27.5 Å². The lowest BCUT2D eigenvalue weighted by atomic mass is 10.1. The number of anilines is 1. The van der Waals surface area contributed by atoms with E-state index in [-0.39, 0.29) is 5.69 Å². The molecular weight excluding hydrogens is 538 g/mol. The molecule has 34 heavy (non-hydrogen) atoms. The third-order valence-electron chi connectivity index (χ3n) is 4.93. The van der Waals surface area contributed by atoms with E-state index in [2.05, 4.69) is 36.5 Å². The predicted molar refractivity (Wildman–Crippen MR) is 139 cm³/mol. The number of halogens is 1. The molecule has 0 aliphatic carbocycles. The minimum atomic E-state index is -0.423. The van der Waals surface area contributed by atoms with Crippen LogP contribution in [0.15, 0.2) is 63.5 Å². The van der Waals surface area contributed by atoms with Crippen molar-refractivity contribution in [1.29, 1.82) is 0 Å². The number of aromatic nitrogens is 4. The van der Waals surface area contributed by atoms with Gasteiger partial charge in [0, 0.05) is 33.1 Å². The molecule has 0 bridgehead atoms. The third kappa shape index (κ3) is 4.47. The van der Waals surface area contributed by atoms with Crippen molar-refractivity contribution >= 4 is 60.6 Å². The summed E-state index contributed by atoms with van der Waals surface area (Å²) in [4.78, 5) is 20.6. The van der Waals surface area contributed by atoms with E-state index in [9.17, 15) is 10.1 Å². The zero-order valence-corrected chi connectivity index (χ0v) is 20.9. The van der Waals surface area contributed by atoms with Crippen molar-refractivity contribution in [2.45, 2.75) is 13.3 Å². The Labute approximate surface area is 210 Å². The van der Waals surface area contributed by atoms with Gasteiger partial charge in [-0.05, 0) is 30.7 Å². The Balaban J connectivity index is 1.44. The summed E-state index contributed by atoms with van der Waals surface area (Å²) in [6, 6.07) is 14.2. The number of nitrogens with one attached hydrogen (secondary N) is 1. The number of hydrogen-bond acceptors (Lipinski definition) is 9. The average Bonchev–Trinajstić information content (AvgIpc) is 3.55. The van der Waals surface area contributed by atoms with Crippen LogP contribution in [0.4, 0.5) is 10.8 Å². The number of non-ortho nitro benzene ring substituents is 1. The Morgan fingerprint density at radius 2 is 1.88 bits per heavy atom. The number of thiazole rings is 1. The van der Waals surface area contributed by atoms with Gasteiger partial charge in [-0.1, -0.05) is 46.3 Å². The summed E-state index contributed by atoms with van der Waals surface area (Å²) in [5.74, 6) is 0. The number of rotatable bonds is 7. The van der Waals surface area contributed by atoms with Gasteiger partial charge in [0.25, 0.3) is 5.69 Å². The molecule has 1 N–H and O–H groups in total. The van der Waals surface area contributed by atoms with Gasteiger partial charge >= 0.3 is 0 Å². The van der Waals surface area contributed by atoms with Crippen molar-refractivity contribution in [1.82, 2.24) is 19.6 Å². The first kappa shape index (κ1) is 22.3. The van der Waals surface area contributed by atoms with Crippen LogP contribution in [0.2, 0.25) is 0 Å². The minimum Gasteiger partial charge on any atom is -0.258 e. The number of nitro benzene ring substituents is 1. The Bertz CT molecular complexity index is 1500. The second-order valence-corrected chi connectivity index (χ2v) is 9.92. The predicted octanol–water partition coefficient (Wildman–Crippen LogP) is 6.26. The molecule has 0 spiro atoms. The number of hydrazone groups is 1. The number of hydrogen-bond donors (Lipinski definition) is 1. The monoisotopic (exact) mass is 553 g/mol. The highest BCUT2D eigenvalue weighted by Gasteiger charge is 2.17. The molecule has 3 aromatic heterocycles. The van der Waals surface area contributed by atoms with Gasteiger partial charge in [-0.25, -0.2) is 14.5 Å². The topological polar surface area (TPSA) is 111 Å². The Hall–Kier alpha value is -3.48. The maximum absolute atomic E-state index is 11.0. The Morgan fingerprint density at radius 3 is 2.59 bits per heavy atom. The summed E-state index contributed by atoms with van der Waals surface area (Å²) in [6.45, 7) is 2.04. The highest BCUT2D eigenvalue weighted by Crippen LogP contribution is 2.29. The van der Waals surface area contributed by atoms with Gasteiger partial charge in [-0.3, -0.25) is 15.5 Å². The van der Waals surface area contributed by atoms with E-state index in [0.717, 1.165) is 37.7 Å². The lowest BCUT2D eigenvalue weighted by Crippen LogP contribution is -1.98. The van der Waals surface area contributed by atoms with Crippen LogP contribution in [0.3, 0.4) is 0 Å². The molecule has 0 aliphatic rings. The van der Waals surface area contributed by atoms with Gasteiger partial charge in [0.2, 0.25) is 10.1 Å². The molecule has 12 heteroatoms. The van der Waals surface area contributed by atoms with Crippen molar-refractivity contribution in [2.75, 3.05) is 5.43 Å². The molecule has 0 fully saturated rings. The van der Waals surface area contributed by atoms with E-state index in [1.54, 1.807) is 22.9 Å². The maximum Gasteiger partial charge on any atom is 0.269 e. The second kappa shape index (κ2) is 9.41. The first-order valence-electron chi connectivity index (χ1n) is 10.2. The largest absolute Gasteiger partial charge is 0.269 e. The number of benzene rings is 2. The van der Waals surface area contributed by atoms with E-state index >= 15 is 0 Å². The summed E-state index contributed by atoms with van der Waals surface area (Å²) >= 11 is 6.40. The van der Waals surface area contributed by atoms with Gasteiger partial charge in [0.15, 0.2) is 0 Å². The summed E-state index contributed by atoms with van der Waals surface area (Å²) in [6.07, 6.45) is 2.45. The third-order valence-corrected chi connectivity index (χ3v) is 7.25.